The smallest absolute Gasteiger partial charge is 0.184 e. The maximum absolute atomic E-state index is 6.29. The van der Waals surface area contributed by atoms with Gasteiger partial charge in [0.1, 0.15) is 11.9 Å². The highest BCUT2D eigenvalue weighted by atomic mass is 35.5. The van der Waals surface area contributed by atoms with Crippen molar-refractivity contribution >= 4 is 11.6 Å². The van der Waals surface area contributed by atoms with Crippen molar-refractivity contribution in [2.75, 3.05) is 13.2 Å². The van der Waals surface area contributed by atoms with Gasteiger partial charge in [0, 0.05) is 10.6 Å². The van der Waals surface area contributed by atoms with Crippen molar-refractivity contribution in [2.45, 2.75) is 82.9 Å². The SMILES string of the molecule is CCCCCCCCOc1ccc([C@@H]2OC[C@H]3O[C@@H](c4ccc(Cl)cc4)CC[C@@H]3O2)cc1. The highest BCUT2D eigenvalue weighted by Gasteiger charge is 2.38. The minimum atomic E-state index is -0.348. The Morgan fingerprint density at radius 1 is 0.812 bits per heavy atom. The first kappa shape index (κ1) is 23.6. The van der Waals surface area contributed by atoms with E-state index in [9.17, 15) is 0 Å². The second kappa shape index (κ2) is 12.0. The summed E-state index contributed by atoms with van der Waals surface area (Å²) in [4.78, 5) is 0. The van der Waals surface area contributed by atoms with E-state index in [1.165, 1.54) is 32.1 Å². The molecule has 0 bridgehead atoms. The van der Waals surface area contributed by atoms with Crippen LogP contribution in [0, 0.1) is 0 Å². The van der Waals surface area contributed by atoms with Gasteiger partial charge in [-0.3, -0.25) is 0 Å². The standard InChI is InChI=1S/C27H35ClO4/c1-2-3-4-5-6-7-18-29-23-14-10-21(11-15-23)27-30-19-26-25(32-27)17-16-24(31-26)20-8-12-22(28)13-9-20/h8-15,24-27H,2-7,16-19H2,1H3/t24-,25+,26-,27-/m1/s1. The van der Waals surface area contributed by atoms with Gasteiger partial charge in [-0.2, -0.15) is 0 Å². The van der Waals surface area contributed by atoms with Crippen LogP contribution in [0.15, 0.2) is 48.5 Å². The highest BCUT2D eigenvalue weighted by Crippen LogP contribution is 2.38. The third kappa shape index (κ3) is 6.48. The van der Waals surface area contributed by atoms with E-state index in [0.717, 1.165) is 47.8 Å². The molecule has 2 aliphatic rings. The van der Waals surface area contributed by atoms with Crippen molar-refractivity contribution in [1.29, 1.82) is 0 Å². The molecule has 0 N–H and O–H groups in total. The molecule has 2 heterocycles. The molecule has 4 nitrogen and oxygen atoms in total. The van der Waals surface area contributed by atoms with E-state index < -0.39 is 0 Å². The fourth-order valence-electron chi connectivity index (χ4n) is 4.44. The molecule has 0 saturated carbocycles. The molecule has 4 rings (SSSR count). The minimum absolute atomic E-state index is 0.0411. The third-order valence-electron chi connectivity index (χ3n) is 6.34. The predicted octanol–water partition coefficient (Wildman–Crippen LogP) is 7.41. The van der Waals surface area contributed by atoms with E-state index in [4.69, 9.17) is 30.5 Å². The van der Waals surface area contributed by atoms with Gasteiger partial charge in [-0.1, -0.05) is 74.9 Å². The molecule has 0 unspecified atom stereocenters. The molecule has 0 aliphatic carbocycles. The van der Waals surface area contributed by atoms with Gasteiger partial charge in [0.15, 0.2) is 6.29 Å². The molecule has 0 radical (unpaired) electrons. The van der Waals surface area contributed by atoms with Crippen LogP contribution < -0.4 is 4.74 Å². The molecule has 0 aromatic heterocycles. The highest BCUT2D eigenvalue weighted by molar-refractivity contribution is 6.30. The molecular weight excluding hydrogens is 424 g/mol. The molecule has 0 spiro atoms. The fraction of sp³-hybridized carbons (Fsp3) is 0.556. The summed E-state index contributed by atoms with van der Waals surface area (Å²) < 4.78 is 24.5. The first-order valence-electron chi connectivity index (χ1n) is 12.1. The van der Waals surface area contributed by atoms with Crippen LogP contribution in [-0.2, 0) is 14.2 Å². The Bertz CT molecular complexity index is 807. The van der Waals surface area contributed by atoms with Crippen LogP contribution in [0.25, 0.3) is 0 Å². The average Bonchev–Trinajstić information content (AvgIpc) is 2.84. The lowest BCUT2D eigenvalue weighted by Crippen LogP contribution is -2.45. The van der Waals surface area contributed by atoms with Crippen molar-refractivity contribution in [3.05, 3.63) is 64.7 Å². The van der Waals surface area contributed by atoms with Crippen molar-refractivity contribution in [3.63, 3.8) is 0 Å². The lowest BCUT2D eigenvalue weighted by atomic mass is 9.96. The van der Waals surface area contributed by atoms with Crippen LogP contribution in [0.2, 0.25) is 5.02 Å². The fourth-order valence-corrected chi connectivity index (χ4v) is 4.57. The van der Waals surface area contributed by atoms with Crippen molar-refractivity contribution in [1.82, 2.24) is 0 Å². The zero-order valence-electron chi connectivity index (χ0n) is 19.0. The van der Waals surface area contributed by atoms with Gasteiger partial charge in [-0.15, -0.1) is 0 Å². The van der Waals surface area contributed by atoms with Gasteiger partial charge in [0.25, 0.3) is 0 Å². The molecule has 2 saturated heterocycles. The third-order valence-corrected chi connectivity index (χ3v) is 6.59. The normalized spacial score (nSPS) is 25.3. The van der Waals surface area contributed by atoms with Crippen LogP contribution in [0.5, 0.6) is 5.75 Å². The summed E-state index contributed by atoms with van der Waals surface area (Å²) in [5.41, 5.74) is 2.18. The van der Waals surface area contributed by atoms with Gasteiger partial charge in [-0.05, 0) is 49.1 Å². The maximum Gasteiger partial charge on any atom is 0.184 e. The van der Waals surface area contributed by atoms with Crippen LogP contribution in [-0.4, -0.2) is 25.4 Å². The van der Waals surface area contributed by atoms with Gasteiger partial charge in [0.05, 0.1) is 25.4 Å². The van der Waals surface area contributed by atoms with E-state index in [-0.39, 0.29) is 24.6 Å². The molecule has 0 amide bonds. The molecule has 32 heavy (non-hydrogen) atoms. The molecule has 4 atom stereocenters. The minimum Gasteiger partial charge on any atom is -0.494 e. The Morgan fingerprint density at radius 2 is 1.53 bits per heavy atom. The molecule has 174 valence electrons. The van der Waals surface area contributed by atoms with Crippen molar-refractivity contribution < 1.29 is 18.9 Å². The summed E-state index contributed by atoms with van der Waals surface area (Å²) in [7, 11) is 0. The zero-order chi connectivity index (χ0) is 22.2. The maximum atomic E-state index is 6.29. The predicted molar refractivity (Wildman–Crippen MR) is 127 cm³/mol. The Morgan fingerprint density at radius 3 is 2.31 bits per heavy atom. The van der Waals surface area contributed by atoms with Crippen LogP contribution in [0.4, 0.5) is 0 Å². The quantitative estimate of drug-likeness (QED) is 0.347. The molecule has 2 aromatic carbocycles. The number of halogens is 1. The average molecular weight is 459 g/mol. The number of hydrogen-bond acceptors (Lipinski definition) is 4. The monoisotopic (exact) mass is 458 g/mol. The van der Waals surface area contributed by atoms with Crippen LogP contribution >= 0.6 is 11.6 Å². The Kier molecular flexibility index (Phi) is 8.86. The van der Waals surface area contributed by atoms with E-state index in [0.29, 0.717) is 6.61 Å². The van der Waals surface area contributed by atoms with E-state index in [1.807, 2.05) is 48.5 Å². The molecular formula is C27H35ClO4. The van der Waals surface area contributed by atoms with Gasteiger partial charge in [0.2, 0.25) is 0 Å². The second-order valence-corrected chi connectivity index (χ2v) is 9.25. The topological polar surface area (TPSA) is 36.9 Å². The molecule has 2 aliphatic heterocycles. The van der Waals surface area contributed by atoms with Crippen LogP contribution in [0.1, 0.15) is 81.8 Å². The number of hydrogen-bond donors (Lipinski definition) is 0. The summed E-state index contributed by atoms with van der Waals surface area (Å²) in [6.07, 6.45) is 9.24. The summed E-state index contributed by atoms with van der Waals surface area (Å²) >= 11 is 6.01. The summed E-state index contributed by atoms with van der Waals surface area (Å²) in [5, 5.41) is 0.744. The summed E-state index contributed by atoms with van der Waals surface area (Å²) in [6, 6.07) is 16.0. The van der Waals surface area contributed by atoms with E-state index in [2.05, 4.69) is 6.92 Å². The van der Waals surface area contributed by atoms with Gasteiger partial charge in [-0.25, -0.2) is 0 Å². The second-order valence-electron chi connectivity index (χ2n) is 8.82. The Balaban J connectivity index is 1.21. The lowest BCUT2D eigenvalue weighted by molar-refractivity contribution is -0.289. The van der Waals surface area contributed by atoms with Crippen molar-refractivity contribution in [2.24, 2.45) is 0 Å². The lowest BCUT2D eigenvalue weighted by Gasteiger charge is -2.42. The number of benzene rings is 2. The van der Waals surface area contributed by atoms with E-state index in [1.54, 1.807) is 0 Å². The van der Waals surface area contributed by atoms with Crippen LogP contribution in [0.3, 0.4) is 0 Å². The summed E-state index contributed by atoms with van der Waals surface area (Å²) in [5.74, 6) is 0.905. The number of fused-ring (bicyclic) bond motifs is 1. The molecule has 5 heteroatoms. The molecule has 2 fully saturated rings. The summed E-state index contributed by atoms with van der Waals surface area (Å²) in [6.45, 7) is 3.56. The van der Waals surface area contributed by atoms with Gasteiger partial charge < -0.3 is 18.9 Å². The van der Waals surface area contributed by atoms with Gasteiger partial charge >= 0.3 is 0 Å². The van der Waals surface area contributed by atoms with Crippen molar-refractivity contribution in [3.8, 4) is 5.75 Å². The number of unbranched alkanes of at least 4 members (excludes halogenated alkanes) is 5. The first-order valence-corrected chi connectivity index (χ1v) is 12.5. The van der Waals surface area contributed by atoms with E-state index >= 15 is 0 Å². The Hall–Kier alpha value is -1.59. The Labute approximate surface area is 197 Å². The first-order chi connectivity index (χ1) is 15.7. The molecule has 2 aromatic rings. The largest absolute Gasteiger partial charge is 0.494 e. The number of rotatable bonds is 10. The zero-order valence-corrected chi connectivity index (χ0v) is 19.8. The number of ether oxygens (including phenoxy) is 4.